The van der Waals surface area contributed by atoms with Gasteiger partial charge in [0, 0.05) is 34.6 Å². The number of benzene rings is 3. The Kier molecular flexibility index (Phi) is 9.34. The van der Waals surface area contributed by atoms with Crippen molar-refractivity contribution in [3.05, 3.63) is 84.1 Å². The van der Waals surface area contributed by atoms with Crippen molar-refractivity contribution in [3.63, 3.8) is 0 Å². The van der Waals surface area contributed by atoms with Gasteiger partial charge in [-0.05, 0) is 61.0 Å². The molecule has 6 N–H and O–H groups in total. The summed E-state index contributed by atoms with van der Waals surface area (Å²) in [4.78, 5) is 21.3. The molecule has 0 spiro atoms. The number of aromatic nitrogens is 2. The maximum absolute atomic E-state index is 15.1. The van der Waals surface area contributed by atoms with E-state index in [4.69, 9.17) is 4.78 Å². The zero-order valence-corrected chi connectivity index (χ0v) is 23.9. The summed E-state index contributed by atoms with van der Waals surface area (Å²) in [6.07, 6.45) is -2.10. The number of amides is 2. The third-order valence-electron chi connectivity index (χ3n) is 6.06. The molecule has 2 atom stereocenters. The van der Waals surface area contributed by atoms with Crippen molar-refractivity contribution in [1.82, 2.24) is 9.97 Å². The van der Waals surface area contributed by atoms with Gasteiger partial charge in [0.25, 0.3) is 0 Å². The first-order chi connectivity index (χ1) is 20.6. The number of carbonyl (C=O) groups is 1. The number of aliphatic hydroxyl groups is 1. The van der Waals surface area contributed by atoms with Crippen molar-refractivity contribution in [3.8, 4) is 11.1 Å². The fourth-order valence-corrected chi connectivity index (χ4v) is 4.54. The number of nitrogens with zero attached hydrogens (tertiary/aromatic N) is 2. The Labute approximate surface area is 248 Å². The number of rotatable bonds is 9. The zero-order chi connectivity index (χ0) is 32.2. The average Bonchev–Trinajstić information content (AvgIpc) is 2.94. The third kappa shape index (κ3) is 7.96. The molecule has 232 valence electrons. The van der Waals surface area contributed by atoms with E-state index >= 15 is 4.39 Å². The number of alkyl halides is 3. The molecular weight excluding hydrogens is 609 g/mol. The summed E-state index contributed by atoms with van der Waals surface area (Å²) in [6.45, 7) is 1.41. The molecule has 1 heterocycles. The van der Waals surface area contributed by atoms with Gasteiger partial charge in [-0.15, -0.1) is 0 Å². The van der Waals surface area contributed by atoms with Crippen molar-refractivity contribution >= 4 is 44.6 Å². The highest BCUT2D eigenvalue weighted by Crippen LogP contribution is 2.33. The van der Waals surface area contributed by atoms with Gasteiger partial charge in [-0.25, -0.2) is 27.5 Å². The van der Waals surface area contributed by atoms with Crippen molar-refractivity contribution in [2.75, 3.05) is 34.1 Å². The predicted octanol–water partition coefficient (Wildman–Crippen LogP) is 6.66. The first-order valence-electron chi connectivity index (χ1n) is 12.7. The maximum atomic E-state index is 15.1. The smallest absolute Gasteiger partial charge is 0.394 e. The lowest BCUT2D eigenvalue weighted by Gasteiger charge is -2.17. The second-order valence-corrected chi connectivity index (χ2v) is 11.8. The van der Waals surface area contributed by atoms with Crippen LogP contribution in [0.3, 0.4) is 0 Å². The Morgan fingerprint density at radius 3 is 2.41 bits per heavy atom. The number of aliphatic hydroxyl groups excluding tert-OH is 1. The molecule has 1 unspecified atom stereocenters. The van der Waals surface area contributed by atoms with Crippen LogP contribution in [0.15, 0.2) is 71.8 Å². The lowest BCUT2D eigenvalue weighted by Crippen LogP contribution is -2.21. The number of nitrogens with one attached hydrogen (secondary N) is 5. The summed E-state index contributed by atoms with van der Waals surface area (Å²) in [6, 6.07) is 9.85. The molecular formula is C28H26F5N7O3S. The Bertz CT molecular complexity index is 1800. The van der Waals surface area contributed by atoms with Crippen LogP contribution in [0, 0.1) is 16.4 Å². The highest BCUT2D eigenvalue weighted by molar-refractivity contribution is 7.91. The molecule has 0 bridgehead atoms. The molecule has 0 radical (unpaired) electrons. The van der Waals surface area contributed by atoms with Gasteiger partial charge in [0.15, 0.2) is 0 Å². The minimum Gasteiger partial charge on any atom is -0.394 e. The van der Waals surface area contributed by atoms with Crippen LogP contribution in [0.2, 0.25) is 0 Å². The number of hydrogen-bond donors (Lipinski definition) is 6. The van der Waals surface area contributed by atoms with Crippen molar-refractivity contribution in [2.45, 2.75) is 24.0 Å². The van der Waals surface area contributed by atoms with Gasteiger partial charge >= 0.3 is 12.2 Å². The molecule has 3 aromatic carbocycles. The number of hydrogen-bond acceptors (Lipinski definition) is 8. The van der Waals surface area contributed by atoms with E-state index in [2.05, 4.69) is 25.9 Å². The number of halogens is 5. The second kappa shape index (κ2) is 12.8. The SMILES string of the molecule is C[C@H](CO)Nc1nc(Nc2cccc(S(C)(=N)=O)c2)ncc1-c1ccc(NC(=O)Nc2cc(C(F)(F)F)ccc2F)c(F)c1. The highest BCUT2D eigenvalue weighted by Gasteiger charge is 2.31. The van der Waals surface area contributed by atoms with Crippen LogP contribution in [0.1, 0.15) is 12.5 Å². The molecule has 2 amide bonds. The van der Waals surface area contributed by atoms with Crippen LogP contribution in [0.5, 0.6) is 0 Å². The van der Waals surface area contributed by atoms with E-state index in [0.717, 1.165) is 6.07 Å². The fourth-order valence-electron chi connectivity index (χ4n) is 3.84. The summed E-state index contributed by atoms with van der Waals surface area (Å²) in [7, 11) is -2.97. The first-order valence-corrected chi connectivity index (χ1v) is 14.7. The van der Waals surface area contributed by atoms with Crippen molar-refractivity contribution in [1.29, 1.82) is 4.78 Å². The van der Waals surface area contributed by atoms with Crippen LogP contribution in [0.4, 0.5) is 55.6 Å². The van der Waals surface area contributed by atoms with Gasteiger partial charge in [-0.3, -0.25) is 0 Å². The summed E-state index contributed by atoms with van der Waals surface area (Å²) >= 11 is 0. The Hall–Kier alpha value is -4.83. The van der Waals surface area contributed by atoms with E-state index in [1.807, 2.05) is 5.32 Å². The van der Waals surface area contributed by atoms with Crippen molar-refractivity contribution < 1.29 is 36.1 Å². The van der Waals surface area contributed by atoms with E-state index in [9.17, 15) is 31.7 Å². The van der Waals surface area contributed by atoms with Crippen LogP contribution in [-0.4, -0.2) is 44.2 Å². The summed E-state index contributed by atoms with van der Waals surface area (Å²) in [5, 5.41) is 19.6. The van der Waals surface area contributed by atoms with Gasteiger partial charge in [-0.1, -0.05) is 12.1 Å². The molecule has 1 aromatic heterocycles. The largest absolute Gasteiger partial charge is 0.416 e. The van der Waals surface area contributed by atoms with E-state index in [1.165, 1.54) is 30.7 Å². The molecule has 10 nitrogen and oxygen atoms in total. The van der Waals surface area contributed by atoms with E-state index < -0.39 is 50.9 Å². The van der Waals surface area contributed by atoms with Crippen LogP contribution < -0.4 is 21.3 Å². The van der Waals surface area contributed by atoms with Crippen LogP contribution in [0.25, 0.3) is 11.1 Å². The molecule has 16 heteroatoms. The van der Waals surface area contributed by atoms with Crippen LogP contribution >= 0.6 is 0 Å². The van der Waals surface area contributed by atoms with Gasteiger partial charge in [0.2, 0.25) is 5.95 Å². The molecule has 0 fully saturated rings. The quantitative estimate of drug-likeness (QED) is 0.113. The lowest BCUT2D eigenvalue weighted by atomic mass is 10.1. The normalized spacial score (nSPS) is 13.5. The minimum atomic E-state index is -4.77. The average molecular weight is 636 g/mol. The van der Waals surface area contributed by atoms with Crippen LogP contribution in [-0.2, 0) is 15.9 Å². The topological polar surface area (TPSA) is 152 Å². The number of anilines is 5. The summed E-state index contributed by atoms with van der Waals surface area (Å²) in [5.41, 5.74) is -1.24. The molecule has 4 aromatic rings. The maximum Gasteiger partial charge on any atom is 0.416 e. The van der Waals surface area contributed by atoms with Gasteiger partial charge in [-0.2, -0.15) is 18.2 Å². The Morgan fingerprint density at radius 1 is 1.02 bits per heavy atom. The monoisotopic (exact) mass is 635 g/mol. The third-order valence-corrected chi connectivity index (χ3v) is 7.21. The second-order valence-electron chi connectivity index (χ2n) is 9.65. The lowest BCUT2D eigenvalue weighted by molar-refractivity contribution is -0.137. The van der Waals surface area contributed by atoms with E-state index in [1.54, 1.807) is 25.1 Å². The molecule has 44 heavy (non-hydrogen) atoms. The highest BCUT2D eigenvalue weighted by atomic mass is 32.2. The first kappa shape index (κ1) is 32.1. The molecule has 0 aliphatic heterocycles. The Balaban J connectivity index is 1.57. The molecule has 0 saturated heterocycles. The standard InChI is InChI=1S/C28H26F5N7O3S/c1-15(14-41)36-25-20(13-35-26(40-25)37-18-4-3-5-19(12-18)44(2,34)43)16-6-9-23(22(30)10-16)38-27(42)39-24-11-17(28(31,32)33)7-8-21(24)29/h3-13,15,34,41H,14H2,1-2H3,(H2,38,39,42)(H2,35,36,37,40)/t15-,44?/m1/s1. The van der Waals surface area contributed by atoms with Gasteiger partial charge in [0.1, 0.15) is 17.5 Å². The molecule has 0 aliphatic carbocycles. The predicted molar refractivity (Wildman–Crippen MR) is 156 cm³/mol. The Morgan fingerprint density at radius 2 is 1.75 bits per heavy atom. The number of urea groups is 1. The number of carbonyl (C=O) groups excluding carboxylic acids is 1. The van der Waals surface area contributed by atoms with E-state index in [-0.39, 0.29) is 29.6 Å². The van der Waals surface area contributed by atoms with E-state index in [0.29, 0.717) is 34.3 Å². The van der Waals surface area contributed by atoms with Gasteiger partial charge < -0.3 is 26.4 Å². The molecule has 4 rings (SSSR count). The summed E-state index contributed by atoms with van der Waals surface area (Å²) in [5.74, 6) is -1.74. The van der Waals surface area contributed by atoms with Gasteiger partial charge in [0.05, 0.1) is 33.3 Å². The summed E-state index contributed by atoms with van der Waals surface area (Å²) < 4.78 is 87.9. The minimum absolute atomic E-state index is 0.100. The fraction of sp³-hybridized carbons (Fsp3) is 0.179. The molecule has 0 aliphatic rings. The van der Waals surface area contributed by atoms with Crippen molar-refractivity contribution in [2.24, 2.45) is 0 Å². The molecule has 0 saturated carbocycles. The zero-order valence-electron chi connectivity index (χ0n) is 23.1.